The third-order valence-electron chi connectivity index (χ3n) is 2.52. The Morgan fingerprint density at radius 3 is 3.22 bits per heavy atom. The molecule has 0 amide bonds. The smallest absolute Gasteiger partial charge is 0.119 e. The van der Waals surface area contributed by atoms with Crippen LogP contribution in [0.5, 0.6) is 0 Å². The zero-order chi connectivity index (χ0) is 13.0. The summed E-state index contributed by atoms with van der Waals surface area (Å²) in [7, 11) is 1.72. The molecule has 1 aromatic rings. The number of hydrogen-bond acceptors (Lipinski definition) is 5. The first-order valence-corrected chi connectivity index (χ1v) is 6.55. The minimum absolute atomic E-state index is 0.686. The summed E-state index contributed by atoms with van der Waals surface area (Å²) in [5, 5.41) is 5.74. The summed E-state index contributed by atoms with van der Waals surface area (Å²) in [5.41, 5.74) is 1.99. The summed E-state index contributed by atoms with van der Waals surface area (Å²) in [6.45, 7) is 5.84. The Bertz CT molecular complexity index is 486. The molecule has 0 atom stereocenters. The minimum Gasteiger partial charge on any atom is -0.313 e. The number of aromatic nitrogens is 1. The zero-order valence-corrected chi connectivity index (χ0v) is 11.2. The number of nitrogens with two attached hydrogens (primary N) is 1. The lowest BCUT2D eigenvalue weighted by molar-refractivity contribution is 0.556. The fraction of sp³-hybridized carbons (Fsp3) is 0.333. The topological polar surface area (TPSA) is 66.5 Å². The van der Waals surface area contributed by atoms with E-state index in [0.717, 1.165) is 29.4 Å². The molecule has 18 heavy (non-hydrogen) atoms. The van der Waals surface area contributed by atoms with Crippen molar-refractivity contribution in [3.05, 3.63) is 28.7 Å². The summed E-state index contributed by atoms with van der Waals surface area (Å²) >= 11 is 1.62. The monoisotopic (exact) mass is 263 g/mol. The predicted molar refractivity (Wildman–Crippen MR) is 77.1 cm³/mol. The van der Waals surface area contributed by atoms with E-state index in [-0.39, 0.29) is 0 Å². The molecule has 0 aromatic carbocycles. The Hall–Kier alpha value is -1.50. The van der Waals surface area contributed by atoms with Crippen molar-refractivity contribution in [1.29, 1.82) is 0 Å². The Balaban J connectivity index is 2.10. The van der Waals surface area contributed by atoms with Gasteiger partial charge >= 0.3 is 0 Å². The second kappa shape index (κ2) is 5.90. The highest BCUT2D eigenvalue weighted by atomic mass is 32.1. The van der Waals surface area contributed by atoms with E-state index in [0.29, 0.717) is 5.70 Å². The van der Waals surface area contributed by atoms with Gasteiger partial charge in [-0.15, -0.1) is 11.3 Å². The summed E-state index contributed by atoms with van der Waals surface area (Å²) in [6, 6.07) is 0. The molecule has 0 spiro atoms. The van der Waals surface area contributed by atoms with Gasteiger partial charge in [0.2, 0.25) is 0 Å². The van der Waals surface area contributed by atoms with Crippen LogP contribution in [0.3, 0.4) is 0 Å². The van der Waals surface area contributed by atoms with Crippen LogP contribution in [0, 0.1) is 0 Å². The number of nitrogens with zero attached hydrogens (tertiary/aromatic N) is 3. The molecule has 1 aliphatic heterocycles. The quantitative estimate of drug-likeness (QED) is 0.372. The van der Waals surface area contributed by atoms with Crippen LogP contribution >= 0.6 is 11.3 Å². The van der Waals surface area contributed by atoms with Crippen molar-refractivity contribution in [2.45, 2.75) is 6.42 Å². The van der Waals surface area contributed by atoms with Gasteiger partial charge in [-0.3, -0.25) is 0 Å². The lowest BCUT2D eigenvalue weighted by Gasteiger charge is -2.11. The molecule has 0 aliphatic carbocycles. The maximum Gasteiger partial charge on any atom is 0.119 e. The van der Waals surface area contributed by atoms with Crippen molar-refractivity contribution >= 4 is 28.9 Å². The Morgan fingerprint density at radius 2 is 2.56 bits per heavy atom. The van der Waals surface area contributed by atoms with Crippen LogP contribution in [0.25, 0.3) is 11.3 Å². The summed E-state index contributed by atoms with van der Waals surface area (Å²) in [4.78, 5) is 9.58. The second-order valence-corrected chi connectivity index (χ2v) is 5.10. The largest absolute Gasteiger partial charge is 0.313 e. The van der Waals surface area contributed by atoms with E-state index in [1.165, 1.54) is 16.9 Å². The maximum absolute atomic E-state index is 5.46. The molecular weight excluding hydrogens is 246 g/mol. The molecule has 0 bridgehead atoms. The maximum atomic E-state index is 5.46. The van der Waals surface area contributed by atoms with Gasteiger partial charge in [-0.2, -0.15) is 0 Å². The first kappa shape index (κ1) is 12.9. The molecule has 0 saturated carbocycles. The van der Waals surface area contributed by atoms with Crippen molar-refractivity contribution < 1.29 is 0 Å². The molecule has 3 N–H and O–H groups in total. The number of rotatable bonds is 4. The van der Waals surface area contributed by atoms with Crippen molar-refractivity contribution in [2.75, 3.05) is 20.1 Å². The zero-order valence-electron chi connectivity index (χ0n) is 10.4. The fourth-order valence-electron chi connectivity index (χ4n) is 1.60. The number of hydrazine groups is 1. The molecule has 6 heteroatoms. The second-order valence-electron chi connectivity index (χ2n) is 4.07. The first-order valence-electron chi connectivity index (χ1n) is 5.74. The van der Waals surface area contributed by atoms with E-state index in [2.05, 4.69) is 27.9 Å². The SMILES string of the molecule is C=C(N=CN(C)N)c1cnc(C2=CCNCC2)s1. The molecule has 2 rings (SSSR count). The van der Waals surface area contributed by atoms with Crippen LogP contribution in [0.2, 0.25) is 0 Å². The number of hydrogen-bond donors (Lipinski definition) is 2. The molecule has 0 fully saturated rings. The van der Waals surface area contributed by atoms with Crippen LogP contribution in [0.15, 0.2) is 23.8 Å². The van der Waals surface area contributed by atoms with E-state index in [4.69, 9.17) is 5.84 Å². The standard InChI is InChI=1S/C12H17N5S/c1-9(16-8-17(2)13)11-7-15-12(18-11)10-3-5-14-6-4-10/h3,7-8,14H,1,4-6,13H2,2H3. The predicted octanol–water partition coefficient (Wildman–Crippen LogP) is 1.32. The van der Waals surface area contributed by atoms with Crippen LogP contribution < -0.4 is 11.2 Å². The first-order chi connectivity index (χ1) is 8.66. The normalized spacial score (nSPS) is 15.8. The summed E-state index contributed by atoms with van der Waals surface area (Å²) in [5.74, 6) is 5.46. The number of thiazole rings is 1. The van der Waals surface area contributed by atoms with Gasteiger partial charge in [0.25, 0.3) is 0 Å². The van der Waals surface area contributed by atoms with Crippen LogP contribution in [0.4, 0.5) is 0 Å². The molecule has 96 valence electrons. The highest BCUT2D eigenvalue weighted by Gasteiger charge is 2.11. The third kappa shape index (κ3) is 3.25. The molecular formula is C12H17N5S. The Kier molecular flexibility index (Phi) is 4.24. The minimum atomic E-state index is 0.686. The fourth-order valence-corrected chi connectivity index (χ4v) is 2.50. The molecule has 1 aliphatic rings. The van der Waals surface area contributed by atoms with Gasteiger partial charge in [0.05, 0.1) is 10.6 Å². The molecule has 0 radical (unpaired) electrons. The van der Waals surface area contributed by atoms with Gasteiger partial charge in [-0.05, 0) is 18.5 Å². The van der Waals surface area contributed by atoms with E-state index in [9.17, 15) is 0 Å². The van der Waals surface area contributed by atoms with E-state index < -0.39 is 0 Å². The van der Waals surface area contributed by atoms with Gasteiger partial charge in [0, 0.05) is 19.8 Å². The third-order valence-corrected chi connectivity index (χ3v) is 3.65. The van der Waals surface area contributed by atoms with Crippen molar-refractivity contribution in [3.63, 3.8) is 0 Å². The average Bonchev–Trinajstić information content (AvgIpc) is 2.86. The van der Waals surface area contributed by atoms with Crippen molar-refractivity contribution in [2.24, 2.45) is 10.8 Å². The van der Waals surface area contributed by atoms with Gasteiger partial charge in [0.1, 0.15) is 11.3 Å². The number of nitrogens with one attached hydrogen (secondary N) is 1. The molecule has 2 heterocycles. The van der Waals surface area contributed by atoms with Crippen molar-refractivity contribution in [1.82, 2.24) is 15.3 Å². The average molecular weight is 263 g/mol. The molecule has 1 aromatic heterocycles. The van der Waals surface area contributed by atoms with Crippen LogP contribution in [-0.4, -0.2) is 36.5 Å². The summed E-state index contributed by atoms with van der Waals surface area (Å²) in [6.07, 6.45) is 6.56. The highest BCUT2D eigenvalue weighted by Crippen LogP contribution is 2.28. The van der Waals surface area contributed by atoms with Gasteiger partial charge in [0.15, 0.2) is 0 Å². The van der Waals surface area contributed by atoms with Crippen LogP contribution in [-0.2, 0) is 0 Å². The van der Waals surface area contributed by atoms with Gasteiger partial charge in [-0.25, -0.2) is 15.8 Å². The number of aliphatic imine (C=N–C) groups is 1. The highest BCUT2D eigenvalue weighted by molar-refractivity contribution is 7.13. The van der Waals surface area contributed by atoms with E-state index in [1.54, 1.807) is 18.4 Å². The van der Waals surface area contributed by atoms with Crippen molar-refractivity contribution in [3.8, 4) is 0 Å². The Morgan fingerprint density at radius 1 is 1.72 bits per heavy atom. The van der Waals surface area contributed by atoms with Crippen LogP contribution in [0.1, 0.15) is 16.3 Å². The van der Waals surface area contributed by atoms with Gasteiger partial charge < -0.3 is 10.3 Å². The lowest BCUT2D eigenvalue weighted by atomic mass is 10.1. The van der Waals surface area contributed by atoms with Gasteiger partial charge in [-0.1, -0.05) is 12.7 Å². The lowest BCUT2D eigenvalue weighted by Crippen LogP contribution is -2.23. The van der Waals surface area contributed by atoms with E-state index >= 15 is 0 Å². The molecule has 5 nitrogen and oxygen atoms in total. The summed E-state index contributed by atoms with van der Waals surface area (Å²) < 4.78 is 0. The van der Waals surface area contributed by atoms with E-state index in [1.807, 2.05) is 6.20 Å². The molecule has 0 saturated heterocycles. The Labute approximate surface area is 111 Å². The molecule has 0 unspecified atom stereocenters.